The van der Waals surface area contributed by atoms with Crippen LogP contribution in [-0.4, -0.2) is 23.1 Å². The van der Waals surface area contributed by atoms with E-state index in [1.165, 1.54) is 0 Å². The zero-order valence-corrected chi connectivity index (χ0v) is 12.7. The first kappa shape index (κ1) is 13.5. The maximum Gasteiger partial charge on any atom is 0.411 e. The second kappa shape index (κ2) is 4.51. The van der Waals surface area contributed by atoms with Crippen molar-refractivity contribution in [1.29, 1.82) is 0 Å². The van der Waals surface area contributed by atoms with Crippen molar-refractivity contribution < 1.29 is 9.53 Å². The molecule has 1 aromatic rings. The molecule has 1 aromatic carbocycles. The third kappa shape index (κ3) is 2.19. The van der Waals surface area contributed by atoms with Gasteiger partial charge in [-0.25, -0.2) is 4.79 Å². The molecule has 4 atom stereocenters. The summed E-state index contributed by atoms with van der Waals surface area (Å²) in [7, 11) is 0. The van der Waals surface area contributed by atoms with Crippen molar-refractivity contribution in [1.82, 2.24) is 4.90 Å². The van der Waals surface area contributed by atoms with Gasteiger partial charge in [0.25, 0.3) is 0 Å². The Kier molecular flexibility index (Phi) is 3.03. The number of carbonyl (C=O) groups is 1. The number of carbonyl (C=O) groups excluding carboxylic acids is 1. The molecule has 3 heteroatoms. The van der Waals surface area contributed by atoms with Gasteiger partial charge < -0.3 is 4.74 Å². The summed E-state index contributed by atoms with van der Waals surface area (Å²) in [6.07, 6.45) is 0.817. The van der Waals surface area contributed by atoms with Crippen molar-refractivity contribution in [3.8, 4) is 0 Å². The van der Waals surface area contributed by atoms with E-state index in [4.69, 9.17) is 4.74 Å². The van der Waals surface area contributed by atoms with Gasteiger partial charge in [0, 0.05) is 6.04 Å². The molecule has 1 aliphatic heterocycles. The number of ether oxygens (including phenoxy) is 1. The lowest BCUT2D eigenvalue weighted by atomic mass is 9.89. The number of hydrogen-bond acceptors (Lipinski definition) is 2. The molecule has 0 radical (unpaired) electrons. The second-order valence-corrected chi connectivity index (χ2v) is 7.14. The molecule has 1 heterocycles. The molecule has 3 nitrogen and oxygen atoms in total. The van der Waals surface area contributed by atoms with E-state index < -0.39 is 0 Å². The average molecular weight is 273 g/mol. The van der Waals surface area contributed by atoms with E-state index in [1.54, 1.807) is 0 Å². The fourth-order valence-electron chi connectivity index (χ4n) is 3.43. The minimum absolute atomic E-state index is 0.113. The average Bonchev–Trinajstić information content (AvgIpc) is 3.12. The van der Waals surface area contributed by atoms with Crippen LogP contribution in [0.2, 0.25) is 0 Å². The van der Waals surface area contributed by atoms with Gasteiger partial charge in [0.1, 0.15) is 6.10 Å². The highest BCUT2D eigenvalue weighted by Crippen LogP contribution is 2.51. The van der Waals surface area contributed by atoms with Gasteiger partial charge in [0.2, 0.25) is 0 Å². The third-order valence-electron chi connectivity index (χ3n) is 4.67. The lowest BCUT2D eigenvalue weighted by Gasteiger charge is -2.25. The highest BCUT2D eigenvalue weighted by molar-refractivity contribution is 5.72. The number of amides is 1. The fraction of sp³-hybridized carbons (Fsp3) is 0.588. The van der Waals surface area contributed by atoms with Gasteiger partial charge in [0.15, 0.2) is 0 Å². The standard InChI is InChI=1S/C17H23NO2/c1-11-15(12-8-6-5-7-9-12)20-16(19)18(11)14-10-13(14)17(2,3)4/h5-9,11,13-15H,10H2,1-4H3/t11-,13-,14-,15-/m0/s1. The Balaban J connectivity index is 1.77. The lowest BCUT2D eigenvalue weighted by Crippen LogP contribution is -2.36. The van der Waals surface area contributed by atoms with E-state index in [9.17, 15) is 4.79 Å². The van der Waals surface area contributed by atoms with Gasteiger partial charge in [-0.05, 0) is 30.2 Å². The van der Waals surface area contributed by atoms with Crippen LogP contribution >= 0.6 is 0 Å². The van der Waals surface area contributed by atoms with Crippen molar-refractivity contribution in [2.75, 3.05) is 0 Å². The number of cyclic esters (lactones) is 1. The first-order chi connectivity index (χ1) is 9.39. The molecule has 3 rings (SSSR count). The summed E-state index contributed by atoms with van der Waals surface area (Å²) in [6.45, 7) is 8.84. The highest BCUT2D eigenvalue weighted by Gasteiger charge is 2.55. The molecule has 0 spiro atoms. The first-order valence-corrected chi connectivity index (χ1v) is 7.43. The molecule has 0 N–H and O–H groups in total. The minimum atomic E-state index is -0.150. The molecule has 1 aliphatic carbocycles. The molecule has 2 fully saturated rings. The Morgan fingerprint density at radius 2 is 1.85 bits per heavy atom. The Morgan fingerprint density at radius 1 is 1.20 bits per heavy atom. The van der Waals surface area contributed by atoms with Crippen molar-refractivity contribution in [2.24, 2.45) is 11.3 Å². The first-order valence-electron chi connectivity index (χ1n) is 7.43. The van der Waals surface area contributed by atoms with E-state index in [-0.39, 0.29) is 23.7 Å². The summed E-state index contributed by atoms with van der Waals surface area (Å²) < 4.78 is 5.62. The zero-order chi connectivity index (χ0) is 14.5. The van der Waals surface area contributed by atoms with Gasteiger partial charge in [0.05, 0.1) is 6.04 Å². The fourth-order valence-corrected chi connectivity index (χ4v) is 3.43. The molecular formula is C17H23NO2. The van der Waals surface area contributed by atoms with Crippen LogP contribution < -0.4 is 0 Å². The molecule has 108 valence electrons. The summed E-state index contributed by atoms with van der Waals surface area (Å²) in [6, 6.07) is 10.5. The molecule has 0 aromatic heterocycles. The summed E-state index contributed by atoms with van der Waals surface area (Å²) in [5.41, 5.74) is 1.35. The van der Waals surface area contributed by atoms with E-state index in [0.717, 1.165) is 12.0 Å². The van der Waals surface area contributed by atoms with Crippen molar-refractivity contribution >= 4 is 6.09 Å². The Hall–Kier alpha value is -1.51. The Morgan fingerprint density at radius 3 is 2.40 bits per heavy atom. The highest BCUT2D eigenvalue weighted by atomic mass is 16.6. The van der Waals surface area contributed by atoms with E-state index in [1.807, 2.05) is 35.2 Å². The van der Waals surface area contributed by atoms with Crippen LogP contribution in [0, 0.1) is 11.3 Å². The molecule has 1 amide bonds. The molecule has 0 unspecified atom stereocenters. The molecule has 1 saturated heterocycles. The molecule has 20 heavy (non-hydrogen) atoms. The van der Waals surface area contributed by atoms with Crippen molar-refractivity contribution in [2.45, 2.75) is 52.3 Å². The van der Waals surface area contributed by atoms with Gasteiger partial charge in [-0.1, -0.05) is 51.1 Å². The number of rotatable bonds is 2. The van der Waals surface area contributed by atoms with Crippen LogP contribution in [0.4, 0.5) is 4.79 Å². The lowest BCUT2D eigenvalue weighted by molar-refractivity contribution is 0.129. The van der Waals surface area contributed by atoms with Gasteiger partial charge in [-0.3, -0.25) is 4.90 Å². The summed E-state index contributed by atoms with van der Waals surface area (Å²) in [5, 5.41) is 0. The van der Waals surface area contributed by atoms with Gasteiger partial charge >= 0.3 is 6.09 Å². The van der Waals surface area contributed by atoms with Crippen LogP contribution in [0.1, 0.15) is 45.8 Å². The number of nitrogens with zero attached hydrogens (tertiary/aromatic N) is 1. The summed E-state index contributed by atoms with van der Waals surface area (Å²) in [4.78, 5) is 14.2. The number of benzene rings is 1. The maximum absolute atomic E-state index is 12.2. The van der Waals surface area contributed by atoms with E-state index in [2.05, 4.69) is 27.7 Å². The maximum atomic E-state index is 12.2. The zero-order valence-electron chi connectivity index (χ0n) is 12.7. The molecular weight excluding hydrogens is 250 g/mol. The van der Waals surface area contributed by atoms with Crippen LogP contribution in [0.3, 0.4) is 0 Å². The summed E-state index contributed by atoms with van der Waals surface area (Å²) >= 11 is 0. The van der Waals surface area contributed by atoms with Gasteiger partial charge in [-0.15, -0.1) is 0 Å². The molecule has 1 saturated carbocycles. The summed E-state index contributed by atoms with van der Waals surface area (Å²) in [5.74, 6) is 0.590. The van der Waals surface area contributed by atoms with Crippen molar-refractivity contribution in [3.63, 3.8) is 0 Å². The largest absolute Gasteiger partial charge is 0.439 e. The normalized spacial score (nSPS) is 33.2. The molecule has 2 aliphatic rings. The Labute approximate surface area is 120 Å². The van der Waals surface area contributed by atoms with E-state index in [0.29, 0.717) is 12.0 Å². The number of hydrogen-bond donors (Lipinski definition) is 0. The predicted octanol–water partition coefficient (Wildman–Crippen LogP) is 4.00. The topological polar surface area (TPSA) is 29.5 Å². The quantitative estimate of drug-likeness (QED) is 0.815. The minimum Gasteiger partial charge on any atom is -0.439 e. The van der Waals surface area contributed by atoms with Crippen LogP contribution in [0.5, 0.6) is 0 Å². The Bertz CT molecular complexity index is 505. The van der Waals surface area contributed by atoms with Crippen molar-refractivity contribution in [3.05, 3.63) is 35.9 Å². The predicted molar refractivity (Wildman–Crippen MR) is 78.3 cm³/mol. The van der Waals surface area contributed by atoms with Gasteiger partial charge in [-0.2, -0.15) is 0 Å². The monoisotopic (exact) mass is 273 g/mol. The second-order valence-electron chi connectivity index (χ2n) is 7.14. The van der Waals surface area contributed by atoms with E-state index >= 15 is 0 Å². The SMILES string of the molecule is C[C@H]1[C@@H](c2ccccc2)OC(=O)N1[C@H]1C[C@@H]1C(C)(C)C. The van der Waals surface area contributed by atoms with Crippen LogP contribution in [-0.2, 0) is 4.74 Å². The van der Waals surface area contributed by atoms with Crippen LogP contribution in [0.25, 0.3) is 0 Å². The third-order valence-corrected chi connectivity index (χ3v) is 4.67. The van der Waals surface area contributed by atoms with Crippen LogP contribution in [0.15, 0.2) is 30.3 Å². The smallest absolute Gasteiger partial charge is 0.411 e. The molecule has 0 bridgehead atoms.